The van der Waals surface area contributed by atoms with Gasteiger partial charge in [-0.2, -0.15) is 0 Å². The smallest absolute Gasteiger partial charge is 0.295 e. The summed E-state index contributed by atoms with van der Waals surface area (Å²) in [5.41, 5.74) is 0.998. The van der Waals surface area contributed by atoms with Crippen molar-refractivity contribution < 1.29 is 24.0 Å². The molecule has 1 aromatic carbocycles. The predicted octanol–water partition coefficient (Wildman–Crippen LogP) is 1.57. The van der Waals surface area contributed by atoms with Crippen LogP contribution < -0.4 is 4.90 Å². The van der Waals surface area contributed by atoms with Crippen molar-refractivity contribution in [3.8, 4) is 0 Å². The Hall–Kier alpha value is -3.06. The highest BCUT2D eigenvalue weighted by molar-refractivity contribution is 6.46. The number of hydrogen-bond donors (Lipinski definition) is 2. The molecule has 0 spiro atoms. The number of Topliss-reactive ketones (excluding diaryl/α,β-unsaturated/α-hetero) is 1. The van der Waals surface area contributed by atoms with Crippen LogP contribution in [0.1, 0.15) is 31.0 Å². The number of pyridine rings is 1. The van der Waals surface area contributed by atoms with E-state index < -0.39 is 23.5 Å². The number of carbonyl (C=O) groups excluding carboxylic acids is 2. The van der Waals surface area contributed by atoms with Gasteiger partial charge in [-0.1, -0.05) is 0 Å². The van der Waals surface area contributed by atoms with Crippen molar-refractivity contribution in [2.24, 2.45) is 0 Å². The molecule has 1 aromatic heterocycles. The lowest BCUT2D eigenvalue weighted by molar-refractivity contribution is -0.895. The van der Waals surface area contributed by atoms with Gasteiger partial charge in [0.2, 0.25) is 0 Å². The summed E-state index contributed by atoms with van der Waals surface area (Å²) >= 11 is 0. The number of rotatable bonds is 7. The van der Waals surface area contributed by atoms with Gasteiger partial charge in [0.1, 0.15) is 11.6 Å². The highest BCUT2D eigenvalue weighted by Gasteiger charge is 2.46. The average molecular weight is 398 g/mol. The molecule has 1 aliphatic heterocycles. The molecular formula is C22H25FN3O3+. The summed E-state index contributed by atoms with van der Waals surface area (Å²) in [6, 6.07) is 7.94. The summed E-state index contributed by atoms with van der Waals surface area (Å²) in [5.74, 6) is -2.12. The van der Waals surface area contributed by atoms with Gasteiger partial charge in [0.25, 0.3) is 11.7 Å². The van der Waals surface area contributed by atoms with Gasteiger partial charge in [0.15, 0.2) is 0 Å². The largest absolute Gasteiger partial charge is 0.507 e. The Morgan fingerprint density at radius 1 is 1.10 bits per heavy atom. The second-order valence-electron chi connectivity index (χ2n) is 6.99. The number of aliphatic hydroxyl groups excluding tert-OH is 1. The van der Waals surface area contributed by atoms with Crippen molar-refractivity contribution >= 4 is 17.4 Å². The first kappa shape index (κ1) is 20.7. The van der Waals surface area contributed by atoms with Gasteiger partial charge in [-0.05, 0) is 55.8 Å². The van der Waals surface area contributed by atoms with Gasteiger partial charge in [-0.15, -0.1) is 0 Å². The monoisotopic (exact) mass is 398 g/mol. The van der Waals surface area contributed by atoms with E-state index in [2.05, 4.69) is 18.8 Å². The number of nitrogens with zero attached hydrogens (tertiary/aromatic N) is 2. The van der Waals surface area contributed by atoms with E-state index in [1.807, 2.05) is 0 Å². The number of halogens is 1. The first-order valence-corrected chi connectivity index (χ1v) is 9.75. The fraction of sp³-hybridized carbons (Fsp3) is 0.318. The minimum atomic E-state index is -0.733. The Morgan fingerprint density at radius 2 is 1.72 bits per heavy atom. The van der Waals surface area contributed by atoms with E-state index in [1.165, 1.54) is 34.1 Å². The highest BCUT2D eigenvalue weighted by atomic mass is 19.1. The average Bonchev–Trinajstić information content (AvgIpc) is 3.00. The van der Waals surface area contributed by atoms with E-state index >= 15 is 0 Å². The summed E-state index contributed by atoms with van der Waals surface area (Å²) in [5, 5.41) is 10.9. The summed E-state index contributed by atoms with van der Waals surface area (Å²) in [6.45, 7) is 7.04. The van der Waals surface area contributed by atoms with Crippen molar-refractivity contribution in [2.45, 2.75) is 19.9 Å². The highest BCUT2D eigenvalue weighted by Crippen LogP contribution is 2.38. The fourth-order valence-corrected chi connectivity index (χ4v) is 3.65. The van der Waals surface area contributed by atoms with Crippen LogP contribution >= 0.6 is 0 Å². The minimum Gasteiger partial charge on any atom is -0.507 e. The number of aliphatic hydroxyl groups is 1. The molecule has 2 aromatic rings. The topological polar surface area (TPSA) is 74.9 Å². The number of amides is 1. The number of carbonyl (C=O) groups is 2. The molecule has 1 fully saturated rings. The van der Waals surface area contributed by atoms with Crippen LogP contribution in [0.25, 0.3) is 5.76 Å². The number of benzene rings is 1. The second kappa shape index (κ2) is 8.96. The predicted molar refractivity (Wildman–Crippen MR) is 107 cm³/mol. The SMILES string of the molecule is CC[NH+](CC)CCN1C(=O)C(=O)/C(=C(\O)c2ccc(F)cc2)[C@H]1c1ccncc1. The molecule has 1 aliphatic rings. The standard InChI is InChI=1S/C22H24FN3O3/c1-3-25(4-2)13-14-26-19(15-9-11-24-12-10-15)18(21(28)22(26)29)20(27)16-5-7-17(23)8-6-16/h5-12,19,27H,3-4,13-14H2,1-2H3/p+1/b20-18-/t19-/m1/s1. The summed E-state index contributed by atoms with van der Waals surface area (Å²) in [4.78, 5) is 32.5. The lowest BCUT2D eigenvalue weighted by Crippen LogP contribution is -3.12. The number of ketones is 1. The molecule has 0 unspecified atom stereocenters. The van der Waals surface area contributed by atoms with E-state index in [1.54, 1.807) is 24.5 Å². The molecule has 29 heavy (non-hydrogen) atoms. The maximum Gasteiger partial charge on any atom is 0.295 e. The first-order chi connectivity index (χ1) is 14.0. The molecule has 2 heterocycles. The zero-order valence-electron chi connectivity index (χ0n) is 16.6. The lowest BCUT2D eigenvalue weighted by atomic mass is 9.96. The zero-order chi connectivity index (χ0) is 21.0. The molecule has 0 saturated carbocycles. The molecule has 1 saturated heterocycles. The minimum absolute atomic E-state index is 0.0161. The molecule has 152 valence electrons. The van der Waals surface area contributed by atoms with Crippen molar-refractivity contribution in [1.29, 1.82) is 0 Å². The van der Waals surface area contributed by atoms with Crippen LogP contribution in [-0.2, 0) is 9.59 Å². The summed E-state index contributed by atoms with van der Waals surface area (Å²) in [6.07, 6.45) is 3.17. The zero-order valence-corrected chi connectivity index (χ0v) is 16.6. The Bertz CT molecular complexity index is 909. The van der Waals surface area contributed by atoms with Crippen LogP contribution in [0.3, 0.4) is 0 Å². The van der Waals surface area contributed by atoms with Crippen molar-refractivity contribution in [3.63, 3.8) is 0 Å². The first-order valence-electron chi connectivity index (χ1n) is 9.75. The number of aromatic nitrogens is 1. The maximum atomic E-state index is 13.3. The normalized spacial score (nSPS) is 18.6. The number of nitrogens with one attached hydrogen (secondary N) is 1. The molecule has 7 heteroatoms. The second-order valence-corrected chi connectivity index (χ2v) is 6.99. The van der Waals surface area contributed by atoms with Gasteiger partial charge in [0.05, 0.1) is 37.8 Å². The quantitative estimate of drug-likeness (QED) is 0.422. The number of hydrogen-bond acceptors (Lipinski definition) is 4. The number of likely N-dealkylation sites (tertiary alicyclic amines) is 1. The van der Waals surface area contributed by atoms with Crippen LogP contribution in [0, 0.1) is 5.82 Å². The third-order valence-electron chi connectivity index (χ3n) is 5.39. The number of quaternary nitrogens is 1. The van der Waals surface area contributed by atoms with Gasteiger partial charge in [0, 0.05) is 18.0 Å². The van der Waals surface area contributed by atoms with Crippen LogP contribution in [0.2, 0.25) is 0 Å². The van der Waals surface area contributed by atoms with E-state index in [0.29, 0.717) is 18.7 Å². The molecule has 1 atom stereocenters. The van der Waals surface area contributed by atoms with E-state index in [9.17, 15) is 19.1 Å². The molecule has 1 amide bonds. The Labute approximate surface area is 169 Å². The van der Waals surface area contributed by atoms with Crippen molar-refractivity contribution in [1.82, 2.24) is 9.88 Å². The molecule has 0 aliphatic carbocycles. The molecule has 3 rings (SSSR count). The van der Waals surface area contributed by atoms with Crippen molar-refractivity contribution in [2.75, 3.05) is 26.2 Å². The number of likely N-dealkylation sites (N-methyl/N-ethyl adjacent to an activating group) is 1. The lowest BCUT2D eigenvalue weighted by Gasteiger charge is -2.26. The fourth-order valence-electron chi connectivity index (χ4n) is 3.65. The van der Waals surface area contributed by atoms with E-state index in [4.69, 9.17) is 0 Å². The van der Waals surface area contributed by atoms with Crippen molar-refractivity contribution in [3.05, 3.63) is 71.3 Å². The third kappa shape index (κ3) is 4.19. The van der Waals surface area contributed by atoms with Gasteiger partial charge in [-0.25, -0.2) is 4.39 Å². The van der Waals surface area contributed by atoms with Gasteiger partial charge >= 0.3 is 0 Å². The van der Waals surface area contributed by atoms with Gasteiger partial charge in [-0.3, -0.25) is 14.6 Å². The Kier molecular flexibility index (Phi) is 6.39. The Balaban J connectivity index is 2.06. The molecule has 6 nitrogen and oxygen atoms in total. The van der Waals surface area contributed by atoms with Crippen LogP contribution in [0.4, 0.5) is 4.39 Å². The molecule has 0 bridgehead atoms. The summed E-state index contributed by atoms with van der Waals surface area (Å²) < 4.78 is 13.3. The Morgan fingerprint density at radius 3 is 2.31 bits per heavy atom. The molecule has 0 radical (unpaired) electrons. The summed E-state index contributed by atoms with van der Waals surface area (Å²) in [7, 11) is 0. The van der Waals surface area contributed by atoms with E-state index in [-0.39, 0.29) is 16.9 Å². The maximum absolute atomic E-state index is 13.3. The van der Waals surface area contributed by atoms with E-state index in [0.717, 1.165) is 13.1 Å². The molecule has 2 N–H and O–H groups in total. The van der Waals surface area contributed by atoms with Crippen LogP contribution in [0.15, 0.2) is 54.4 Å². The van der Waals surface area contributed by atoms with Crippen LogP contribution in [-0.4, -0.2) is 52.9 Å². The third-order valence-corrected chi connectivity index (χ3v) is 5.39. The van der Waals surface area contributed by atoms with Crippen LogP contribution in [0.5, 0.6) is 0 Å². The molecular weight excluding hydrogens is 373 g/mol. The van der Waals surface area contributed by atoms with Gasteiger partial charge < -0.3 is 14.9 Å².